The van der Waals surface area contributed by atoms with Crippen molar-refractivity contribution in [1.82, 2.24) is 40.4 Å². The Morgan fingerprint density at radius 2 is 1.42 bits per heavy atom. The van der Waals surface area contributed by atoms with Crippen LogP contribution in [0.1, 0.15) is 93.4 Å². The van der Waals surface area contributed by atoms with Crippen molar-refractivity contribution in [3.05, 3.63) is 95.3 Å². The number of alkyl carbamates (subject to hydrolysis) is 2. The van der Waals surface area contributed by atoms with E-state index in [1.54, 1.807) is 0 Å². The minimum absolute atomic E-state index is 0.0587. The Hall–Kier alpha value is -5.90. The first-order valence-electron chi connectivity index (χ1n) is 21.6. The molecule has 4 aliphatic heterocycles. The van der Waals surface area contributed by atoms with Gasteiger partial charge in [-0.3, -0.25) is 9.80 Å². The largest absolute Gasteiger partial charge is 0.488 e. The van der Waals surface area contributed by atoms with E-state index in [2.05, 4.69) is 77.5 Å². The molecule has 0 radical (unpaired) electrons. The highest BCUT2D eigenvalue weighted by Gasteiger charge is 2.41. The number of hydrogen-bond acceptors (Lipinski definition) is 11. The van der Waals surface area contributed by atoms with Gasteiger partial charge < -0.3 is 44.7 Å². The van der Waals surface area contributed by atoms with Gasteiger partial charge in [0.15, 0.2) is 0 Å². The number of aromatic amines is 2. The fourth-order valence-electron chi connectivity index (χ4n) is 9.80. The molecule has 15 nitrogen and oxygen atoms in total. The van der Waals surface area contributed by atoms with Crippen molar-refractivity contribution in [2.45, 2.75) is 96.6 Å². The number of hydrogen-bond donors (Lipinski definition) is 5. The number of nitrogens with zero attached hydrogens (tertiary/aromatic N) is 4. The van der Waals surface area contributed by atoms with Crippen molar-refractivity contribution in [3.8, 4) is 45.1 Å². The van der Waals surface area contributed by atoms with Gasteiger partial charge in [0, 0.05) is 58.6 Å². The van der Waals surface area contributed by atoms with Gasteiger partial charge in [-0.15, -0.1) is 0 Å². The molecule has 0 bridgehead atoms. The molecule has 2 aromatic heterocycles. The number of H-pyrrole nitrogens is 2. The van der Waals surface area contributed by atoms with E-state index in [1.165, 1.54) is 14.2 Å². The zero-order valence-electron chi connectivity index (χ0n) is 36.1. The molecular weight excluding hydrogens is 789 g/mol. The van der Waals surface area contributed by atoms with Gasteiger partial charge in [-0.05, 0) is 67.9 Å². The zero-order chi connectivity index (χ0) is 43.2. The topological polar surface area (TPSA) is 179 Å². The fourth-order valence-corrected chi connectivity index (χ4v) is 9.80. The van der Waals surface area contributed by atoms with Gasteiger partial charge in [0.05, 0.1) is 56.1 Å². The summed E-state index contributed by atoms with van der Waals surface area (Å²) in [7, 11) is 2.71. The Morgan fingerprint density at radius 1 is 0.839 bits per heavy atom. The monoisotopic (exact) mass is 844 g/mol. The first kappa shape index (κ1) is 41.5. The molecule has 2 fully saturated rings. The number of carbonyl (C=O) groups excluding carboxylic acids is 2. The summed E-state index contributed by atoms with van der Waals surface area (Å²) in [6.45, 7) is 10.7. The molecule has 0 aliphatic carbocycles. The molecule has 0 spiro atoms. The van der Waals surface area contributed by atoms with Gasteiger partial charge >= 0.3 is 12.2 Å². The summed E-state index contributed by atoms with van der Waals surface area (Å²) in [4.78, 5) is 45.9. The fraction of sp³-hybridized carbons (Fsp3) is 0.447. The van der Waals surface area contributed by atoms with E-state index < -0.39 is 24.5 Å². The highest BCUT2D eigenvalue weighted by atomic mass is 16.5. The third-order valence-electron chi connectivity index (χ3n) is 13.2. The van der Waals surface area contributed by atoms with E-state index in [1.807, 2.05) is 47.6 Å². The second-order valence-corrected chi connectivity index (χ2v) is 17.6. The van der Waals surface area contributed by atoms with Crippen LogP contribution in [0.25, 0.3) is 33.6 Å². The van der Waals surface area contributed by atoms with E-state index in [0.29, 0.717) is 32.3 Å². The van der Waals surface area contributed by atoms with Crippen molar-refractivity contribution < 1.29 is 33.6 Å². The van der Waals surface area contributed by atoms with Crippen LogP contribution in [0.3, 0.4) is 0 Å². The molecule has 7 atom stereocenters. The third kappa shape index (κ3) is 7.88. The first-order chi connectivity index (χ1) is 30.0. The lowest BCUT2D eigenvalue weighted by molar-refractivity contribution is -0.0356. The van der Waals surface area contributed by atoms with Crippen molar-refractivity contribution in [2.75, 3.05) is 27.3 Å². The summed E-state index contributed by atoms with van der Waals surface area (Å²) in [5, 5.41) is 17.7. The molecule has 62 heavy (non-hydrogen) atoms. The van der Waals surface area contributed by atoms with Crippen LogP contribution < -0.4 is 20.1 Å². The minimum atomic E-state index is -1.03. The van der Waals surface area contributed by atoms with E-state index >= 15 is 0 Å². The van der Waals surface area contributed by atoms with Crippen molar-refractivity contribution >= 4 is 12.2 Å². The van der Waals surface area contributed by atoms with Crippen LogP contribution in [0.5, 0.6) is 11.5 Å². The molecule has 2 saturated heterocycles. The van der Waals surface area contributed by atoms with Gasteiger partial charge in [0.1, 0.15) is 42.6 Å². The number of aliphatic hydroxyl groups excluding tert-OH is 1. The molecule has 15 heteroatoms. The molecule has 4 aliphatic rings. The van der Waals surface area contributed by atoms with Crippen molar-refractivity contribution in [1.29, 1.82) is 0 Å². The average molecular weight is 845 g/mol. The number of carbonyl (C=O) groups is 2. The predicted molar refractivity (Wildman–Crippen MR) is 232 cm³/mol. The van der Waals surface area contributed by atoms with Gasteiger partial charge in [-0.25, -0.2) is 19.6 Å². The number of aromatic nitrogens is 4. The molecule has 3 aromatic carbocycles. The van der Waals surface area contributed by atoms with Crippen LogP contribution >= 0.6 is 0 Å². The Labute approximate surface area is 361 Å². The third-order valence-corrected chi connectivity index (χ3v) is 13.2. The highest BCUT2D eigenvalue weighted by Crippen LogP contribution is 2.51. The maximum atomic E-state index is 12.4. The van der Waals surface area contributed by atoms with Crippen molar-refractivity contribution in [3.63, 3.8) is 0 Å². The summed E-state index contributed by atoms with van der Waals surface area (Å²) in [6.07, 6.45) is 4.47. The lowest BCUT2D eigenvalue weighted by atomic mass is 9.87. The van der Waals surface area contributed by atoms with Crippen LogP contribution in [0.4, 0.5) is 9.59 Å². The lowest BCUT2D eigenvalue weighted by Gasteiger charge is -2.34. The Balaban J connectivity index is 0.946. The summed E-state index contributed by atoms with van der Waals surface area (Å²) < 4.78 is 22.9. The van der Waals surface area contributed by atoms with Gasteiger partial charge in [-0.2, -0.15) is 0 Å². The maximum absolute atomic E-state index is 12.4. The number of methoxy groups -OCH3 is 2. The van der Waals surface area contributed by atoms with E-state index in [9.17, 15) is 14.7 Å². The number of amides is 2. The quantitative estimate of drug-likeness (QED) is 0.0834. The normalized spacial score (nSPS) is 22.0. The Bertz CT molecular complexity index is 2380. The zero-order valence-corrected chi connectivity index (χ0v) is 36.1. The van der Waals surface area contributed by atoms with Crippen LogP contribution in [0.15, 0.2) is 67.0 Å². The number of benzene rings is 3. The SMILES string of the molecule is COC(=O)NC(CN1[C@@H](C)CC[C@H]1c1ncc(-c2cc3c4c(c2)OCc2cc(-c5cnc([C@@H]6C[C@H](C)CN6C(O)[C@H](NC(=O)OC)c6ccccc6)[nH]5)cc(c2-4)OC3)[nH]1)C(C)C. The molecule has 0 saturated carbocycles. The summed E-state index contributed by atoms with van der Waals surface area (Å²) >= 11 is 0. The van der Waals surface area contributed by atoms with Crippen molar-refractivity contribution in [2.24, 2.45) is 11.8 Å². The predicted octanol–water partition coefficient (Wildman–Crippen LogP) is 7.62. The van der Waals surface area contributed by atoms with Gasteiger partial charge in [0.25, 0.3) is 0 Å². The van der Waals surface area contributed by atoms with Crippen LogP contribution in [0.2, 0.25) is 0 Å². The number of imidazole rings is 2. The lowest BCUT2D eigenvalue weighted by Crippen LogP contribution is -2.48. The van der Waals surface area contributed by atoms with E-state index in [-0.39, 0.29) is 30.0 Å². The molecule has 9 rings (SSSR count). The van der Waals surface area contributed by atoms with E-state index in [4.69, 9.17) is 28.9 Å². The Kier molecular flexibility index (Phi) is 11.4. The van der Waals surface area contributed by atoms with Gasteiger partial charge in [-0.1, -0.05) is 51.1 Å². The summed E-state index contributed by atoms with van der Waals surface area (Å²) in [5.74, 6) is 3.78. The minimum Gasteiger partial charge on any atom is -0.488 e. The molecule has 6 heterocycles. The van der Waals surface area contributed by atoms with Crippen LogP contribution in [0, 0.1) is 11.8 Å². The first-order valence-corrected chi connectivity index (χ1v) is 21.6. The second kappa shape index (κ2) is 17.1. The molecule has 326 valence electrons. The van der Waals surface area contributed by atoms with Gasteiger partial charge in [0.2, 0.25) is 0 Å². The number of ether oxygens (including phenoxy) is 4. The molecule has 2 amide bonds. The highest BCUT2D eigenvalue weighted by molar-refractivity contribution is 5.88. The van der Waals surface area contributed by atoms with Crippen LogP contribution in [-0.4, -0.2) is 92.6 Å². The summed E-state index contributed by atoms with van der Waals surface area (Å²) in [6, 6.07) is 17.4. The molecule has 2 unspecified atom stereocenters. The Morgan fingerprint density at radius 3 is 2.00 bits per heavy atom. The summed E-state index contributed by atoms with van der Waals surface area (Å²) in [5.41, 5.74) is 8.61. The van der Waals surface area contributed by atoms with E-state index in [0.717, 1.165) is 92.7 Å². The molecule has 5 N–H and O–H groups in total. The maximum Gasteiger partial charge on any atom is 0.407 e. The number of aliphatic hydroxyl groups is 1. The second-order valence-electron chi connectivity index (χ2n) is 17.6. The number of nitrogens with one attached hydrogen (secondary N) is 4. The standard InChI is InChI=1S/C47H56N8O7/c1-25(2)35(52-46(57)59-5)22-54-27(4)12-13-36(54)43-48-19-33(50-43)29-15-31-23-62-39-18-30(16-32-24-61-38(17-29)40(31)41(32)39)34-20-49-44(51-34)37-14-26(3)21-55(37)45(56)42(53-47(58)60-6)28-10-8-7-9-11-28/h7-11,15-20,25-27,35-37,42,45,56H,12-14,21-24H2,1-6H3,(H,48,50)(H,49,51)(H,52,57)(H,53,58)/t26-,27-,35?,36-,37-,42+,45?/m0/s1. The van der Waals surface area contributed by atoms with Crippen LogP contribution in [-0.2, 0) is 22.7 Å². The molecular formula is C47H56N8O7. The smallest absolute Gasteiger partial charge is 0.407 e. The molecule has 5 aromatic rings. The average Bonchev–Trinajstić information content (AvgIpc) is 4.11. The number of rotatable bonds is 12. The number of likely N-dealkylation sites (tertiary alicyclic amines) is 2.